The number of carbonyl (C=O) groups excluding carboxylic acids is 2. The first-order chi connectivity index (χ1) is 11.1. The number of benzene rings is 2. The number of hydrazine groups is 1. The summed E-state index contributed by atoms with van der Waals surface area (Å²) in [5, 5.41) is 1.29. The molecule has 0 aliphatic carbocycles. The molecule has 1 fully saturated rings. The van der Waals surface area contributed by atoms with E-state index in [9.17, 15) is 9.59 Å². The third kappa shape index (κ3) is 3.01. The Hall–Kier alpha value is -2.88. The Morgan fingerprint density at radius 3 is 2.26 bits per heavy atom. The van der Waals surface area contributed by atoms with Crippen LogP contribution in [0.1, 0.15) is 23.6 Å². The van der Waals surface area contributed by atoms with E-state index >= 15 is 0 Å². The van der Waals surface area contributed by atoms with Crippen molar-refractivity contribution in [3.05, 3.63) is 70.8 Å². The normalized spacial score (nSPS) is 16.1. The molecule has 0 spiro atoms. The summed E-state index contributed by atoms with van der Waals surface area (Å²) >= 11 is 0. The largest absolute Gasteiger partial charge is 0.282 e. The van der Waals surface area contributed by atoms with E-state index in [-0.39, 0.29) is 17.4 Å². The van der Waals surface area contributed by atoms with Crippen LogP contribution in [0.2, 0.25) is 0 Å². The minimum atomic E-state index is -0.379. The lowest BCUT2D eigenvalue weighted by Crippen LogP contribution is -2.35. The van der Waals surface area contributed by atoms with Crippen molar-refractivity contribution in [2.75, 3.05) is 5.01 Å². The summed E-state index contributed by atoms with van der Waals surface area (Å²) in [7, 11) is 0. The fraction of sp³-hybridized carbons (Fsp3) is 0.158. The Labute approximate surface area is 135 Å². The van der Waals surface area contributed by atoms with Gasteiger partial charge in [-0.3, -0.25) is 15.0 Å². The Bertz CT molecular complexity index is 774. The molecule has 0 unspecified atom stereocenters. The summed E-state index contributed by atoms with van der Waals surface area (Å²) in [6, 6.07) is 15.3. The van der Waals surface area contributed by atoms with E-state index < -0.39 is 0 Å². The molecule has 0 bridgehead atoms. The lowest BCUT2D eigenvalue weighted by atomic mass is 10.1. The van der Waals surface area contributed by atoms with Gasteiger partial charge in [0.1, 0.15) is 5.57 Å². The maximum atomic E-state index is 12.5. The van der Waals surface area contributed by atoms with Crippen LogP contribution in [0.4, 0.5) is 5.69 Å². The van der Waals surface area contributed by atoms with Crippen LogP contribution < -0.4 is 10.4 Å². The van der Waals surface area contributed by atoms with Crippen molar-refractivity contribution in [1.82, 2.24) is 5.43 Å². The molecule has 116 valence electrons. The van der Waals surface area contributed by atoms with Gasteiger partial charge in [-0.25, -0.2) is 5.01 Å². The highest BCUT2D eigenvalue weighted by molar-refractivity contribution is 6.31. The lowest BCUT2D eigenvalue weighted by Gasteiger charge is -2.14. The van der Waals surface area contributed by atoms with Crippen molar-refractivity contribution in [2.45, 2.75) is 20.3 Å². The third-order valence-corrected chi connectivity index (χ3v) is 3.88. The van der Waals surface area contributed by atoms with Crippen LogP contribution in [0.3, 0.4) is 0 Å². The van der Waals surface area contributed by atoms with Gasteiger partial charge in [0, 0.05) is 0 Å². The number of carbonyl (C=O) groups is 2. The molecule has 0 saturated carbocycles. The number of hydrogen-bond donors (Lipinski definition) is 1. The second kappa shape index (κ2) is 6.08. The number of amides is 2. The summed E-state index contributed by atoms with van der Waals surface area (Å²) in [4.78, 5) is 24.6. The Balaban J connectivity index is 1.88. The van der Waals surface area contributed by atoms with Crippen LogP contribution in [0.15, 0.2) is 54.1 Å². The van der Waals surface area contributed by atoms with Crippen molar-refractivity contribution in [2.24, 2.45) is 0 Å². The lowest BCUT2D eigenvalue weighted by molar-refractivity contribution is -0.117. The van der Waals surface area contributed by atoms with Gasteiger partial charge in [0.15, 0.2) is 0 Å². The van der Waals surface area contributed by atoms with Crippen LogP contribution in [-0.4, -0.2) is 11.8 Å². The Morgan fingerprint density at radius 2 is 1.65 bits per heavy atom. The zero-order valence-corrected chi connectivity index (χ0v) is 13.2. The van der Waals surface area contributed by atoms with Crippen molar-refractivity contribution in [3.8, 4) is 0 Å². The molecule has 1 aliphatic rings. The van der Waals surface area contributed by atoms with Crippen LogP contribution in [-0.2, 0) is 16.0 Å². The molecular formula is C19H18N2O2. The number of nitrogens with one attached hydrogen (secondary N) is 1. The molecule has 2 aromatic carbocycles. The van der Waals surface area contributed by atoms with Gasteiger partial charge in [0.25, 0.3) is 11.8 Å². The van der Waals surface area contributed by atoms with E-state index in [1.165, 1.54) is 10.6 Å². The number of anilines is 1. The van der Waals surface area contributed by atoms with Crippen molar-refractivity contribution in [1.29, 1.82) is 0 Å². The molecule has 1 saturated heterocycles. The van der Waals surface area contributed by atoms with Gasteiger partial charge in [-0.1, -0.05) is 48.9 Å². The van der Waals surface area contributed by atoms with E-state index in [4.69, 9.17) is 0 Å². The van der Waals surface area contributed by atoms with Gasteiger partial charge < -0.3 is 0 Å². The quantitative estimate of drug-likeness (QED) is 0.700. The van der Waals surface area contributed by atoms with E-state index in [0.29, 0.717) is 5.69 Å². The molecule has 0 aromatic heterocycles. The molecule has 1 N–H and O–H groups in total. The van der Waals surface area contributed by atoms with Crippen molar-refractivity contribution in [3.63, 3.8) is 0 Å². The first-order valence-electron chi connectivity index (χ1n) is 7.61. The van der Waals surface area contributed by atoms with Gasteiger partial charge in [-0.15, -0.1) is 0 Å². The molecule has 2 aromatic rings. The molecule has 23 heavy (non-hydrogen) atoms. The third-order valence-electron chi connectivity index (χ3n) is 3.88. The summed E-state index contributed by atoms with van der Waals surface area (Å²) < 4.78 is 0. The topological polar surface area (TPSA) is 49.4 Å². The van der Waals surface area contributed by atoms with Gasteiger partial charge in [0.05, 0.1) is 5.69 Å². The predicted octanol–water partition coefficient (Wildman–Crippen LogP) is 3.02. The van der Waals surface area contributed by atoms with Gasteiger partial charge in [-0.05, 0) is 42.7 Å². The molecular weight excluding hydrogens is 288 g/mol. The minimum Gasteiger partial charge on any atom is -0.267 e. The van der Waals surface area contributed by atoms with Gasteiger partial charge in [0.2, 0.25) is 0 Å². The minimum absolute atomic E-state index is 0.148. The van der Waals surface area contributed by atoms with E-state index in [0.717, 1.165) is 17.5 Å². The number of hydrogen-bond acceptors (Lipinski definition) is 2. The number of nitrogens with zero attached hydrogens (tertiary/aromatic N) is 1. The fourth-order valence-corrected chi connectivity index (χ4v) is 2.45. The molecule has 0 radical (unpaired) electrons. The first-order valence-corrected chi connectivity index (χ1v) is 7.61. The van der Waals surface area contributed by atoms with E-state index in [2.05, 4.69) is 12.3 Å². The summed E-state index contributed by atoms with van der Waals surface area (Å²) in [6.45, 7) is 4.06. The summed E-state index contributed by atoms with van der Waals surface area (Å²) in [5.74, 6) is -0.714. The zero-order chi connectivity index (χ0) is 16.4. The van der Waals surface area contributed by atoms with Gasteiger partial charge >= 0.3 is 0 Å². The smallest absolute Gasteiger partial charge is 0.267 e. The maximum Gasteiger partial charge on any atom is 0.282 e. The second-order valence-corrected chi connectivity index (χ2v) is 5.57. The molecule has 1 aliphatic heterocycles. The SMILES string of the molecule is CCc1ccc(/C=C2\C(=O)NN(c3ccc(C)cc3)C2=O)cc1. The van der Waals surface area contributed by atoms with Crippen molar-refractivity contribution < 1.29 is 9.59 Å². The molecule has 0 atom stereocenters. The summed E-state index contributed by atoms with van der Waals surface area (Å²) in [6.07, 6.45) is 2.59. The van der Waals surface area contributed by atoms with Crippen LogP contribution >= 0.6 is 0 Å². The summed E-state index contributed by atoms with van der Waals surface area (Å²) in [5.41, 5.74) is 6.56. The molecule has 4 heteroatoms. The standard InChI is InChI=1S/C19H18N2O2/c1-3-14-6-8-15(9-7-14)12-17-18(22)20-21(19(17)23)16-10-4-13(2)5-11-16/h4-12H,3H2,1-2H3,(H,20,22)/b17-12+. The average molecular weight is 306 g/mol. The van der Waals surface area contributed by atoms with Gasteiger partial charge in [-0.2, -0.15) is 0 Å². The Morgan fingerprint density at radius 1 is 1.00 bits per heavy atom. The monoisotopic (exact) mass is 306 g/mol. The predicted molar refractivity (Wildman–Crippen MR) is 90.6 cm³/mol. The highest BCUT2D eigenvalue weighted by atomic mass is 16.2. The zero-order valence-electron chi connectivity index (χ0n) is 13.2. The van der Waals surface area contributed by atoms with Crippen LogP contribution in [0.5, 0.6) is 0 Å². The van der Waals surface area contributed by atoms with Crippen molar-refractivity contribution >= 4 is 23.6 Å². The number of rotatable bonds is 3. The molecule has 4 nitrogen and oxygen atoms in total. The van der Waals surface area contributed by atoms with Crippen LogP contribution in [0, 0.1) is 6.92 Å². The average Bonchev–Trinajstić information content (AvgIpc) is 2.84. The van der Waals surface area contributed by atoms with Crippen LogP contribution in [0.25, 0.3) is 6.08 Å². The Kier molecular flexibility index (Phi) is 3.98. The molecule has 2 amide bonds. The highest BCUT2D eigenvalue weighted by Crippen LogP contribution is 2.22. The second-order valence-electron chi connectivity index (χ2n) is 5.57. The van der Waals surface area contributed by atoms with E-state index in [1.807, 2.05) is 55.5 Å². The molecule has 1 heterocycles. The van der Waals surface area contributed by atoms with E-state index in [1.54, 1.807) is 6.08 Å². The fourth-order valence-electron chi connectivity index (χ4n) is 2.45. The first kappa shape index (κ1) is 15.0. The molecule has 3 rings (SSSR count). The highest BCUT2D eigenvalue weighted by Gasteiger charge is 2.34. The number of aryl methyl sites for hydroxylation is 2. The maximum absolute atomic E-state index is 12.5.